The number of nitrogens with zero attached hydrogens (tertiary/aromatic N) is 2. The van der Waals surface area contributed by atoms with Crippen LogP contribution in [0.4, 0.5) is 4.79 Å². The predicted molar refractivity (Wildman–Crippen MR) is 120 cm³/mol. The van der Waals surface area contributed by atoms with Gasteiger partial charge in [-0.15, -0.1) is 0 Å². The first-order valence-electron chi connectivity index (χ1n) is 10.9. The molecule has 0 spiro atoms. The highest BCUT2D eigenvalue weighted by atomic mass is 16.6. The Balaban J connectivity index is 1.45. The first-order valence-corrected chi connectivity index (χ1v) is 10.9. The van der Waals surface area contributed by atoms with Gasteiger partial charge in [0.25, 0.3) is 0 Å². The minimum Gasteiger partial charge on any atom is -0.457 e. The summed E-state index contributed by atoms with van der Waals surface area (Å²) in [6, 6.07) is 12.9. The summed E-state index contributed by atoms with van der Waals surface area (Å²) < 4.78 is 10.9. The second kappa shape index (κ2) is 7.83. The molecule has 2 fully saturated rings. The summed E-state index contributed by atoms with van der Waals surface area (Å²) >= 11 is 0. The van der Waals surface area contributed by atoms with Crippen molar-refractivity contribution in [1.82, 2.24) is 9.80 Å². The Labute approximate surface area is 184 Å². The van der Waals surface area contributed by atoms with E-state index in [2.05, 4.69) is 41.3 Å². The van der Waals surface area contributed by atoms with Gasteiger partial charge < -0.3 is 14.4 Å². The van der Waals surface area contributed by atoms with Gasteiger partial charge in [-0.05, 0) is 49.6 Å². The second-order valence-corrected chi connectivity index (χ2v) is 10.1. The number of rotatable bonds is 4. The molecule has 6 nitrogen and oxygen atoms in total. The lowest BCUT2D eigenvalue weighted by atomic mass is 9.86. The number of amides is 1. The monoisotopic (exact) mass is 424 g/mol. The van der Waals surface area contributed by atoms with Crippen LogP contribution >= 0.6 is 0 Å². The number of likely N-dealkylation sites (tertiary alicyclic amines) is 2. The molecule has 166 valence electrons. The van der Waals surface area contributed by atoms with Crippen molar-refractivity contribution in [2.45, 2.75) is 58.3 Å². The zero-order valence-electron chi connectivity index (χ0n) is 19.1. The highest BCUT2D eigenvalue weighted by Crippen LogP contribution is 2.36. The van der Waals surface area contributed by atoms with Gasteiger partial charge in [0, 0.05) is 45.6 Å². The van der Waals surface area contributed by atoms with Gasteiger partial charge in [-0.25, -0.2) is 4.79 Å². The zero-order valence-corrected chi connectivity index (χ0v) is 19.1. The van der Waals surface area contributed by atoms with Gasteiger partial charge in [0.2, 0.25) is 0 Å². The van der Waals surface area contributed by atoms with Crippen LogP contribution < -0.4 is 0 Å². The maximum absolute atomic E-state index is 12.3. The summed E-state index contributed by atoms with van der Waals surface area (Å²) in [6.07, 6.45) is -0.238. The Kier molecular flexibility index (Phi) is 5.46. The zero-order chi connectivity index (χ0) is 22.4. The van der Waals surface area contributed by atoms with Gasteiger partial charge in [0.1, 0.15) is 11.2 Å². The molecule has 2 saturated heterocycles. The lowest BCUT2D eigenvalue weighted by molar-refractivity contribution is -0.174. The highest BCUT2D eigenvalue weighted by Gasteiger charge is 2.41. The average molecular weight is 425 g/mol. The Bertz CT molecular complexity index is 998. The highest BCUT2D eigenvalue weighted by molar-refractivity contribution is 5.89. The number of hydrogen-bond donors (Lipinski definition) is 0. The SMILES string of the molecule is CC(=O)OC1(C)CN(Cc2ccc(C3CN(C(=O)OC(C)(C)C)C3)c3ccccc23)C1. The van der Waals surface area contributed by atoms with Crippen LogP contribution in [-0.4, -0.2) is 59.2 Å². The van der Waals surface area contributed by atoms with Crippen molar-refractivity contribution in [1.29, 1.82) is 0 Å². The fourth-order valence-corrected chi connectivity index (χ4v) is 4.69. The van der Waals surface area contributed by atoms with Gasteiger partial charge in [-0.1, -0.05) is 36.4 Å². The summed E-state index contributed by atoms with van der Waals surface area (Å²) in [6.45, 7) is 12.8. The third-order valence-corrected chi connectivity index (χ3v) is 5.92. The minimum absolute atomic E-state index is 0.224. The average Bonchev–Trinajstić information content (AvgIpc) is 2.58. The molecule has 0 unspecified atom stereocenters. The van der Waals surface area contributed by atoms with E-state index in [9.17, 15) is 9.59 Å². The molecule has 2 aromatic carbocycles. The number of carbonyl (C=O) groups excluding carboxylic acids is 2. The molecule has 0 bridgehead atoms. The van der Waals surface area contributed by atoms with Crippen LogP contribution in [0.5, 0.6) is 0 Å². The minimum atomic E-state index is -0.473. The van der Waals surface area contributed by atoms with Crippen molar-refractivity contribution in [2.24, 2.45) is 0 Å². The quantitative estimate of drug-likeness (QED) is 0.685. The van der Waals surface area contributed by atoms with Gasteiger partial charge in [-0.2, -0.15) is 0 Å². The van der Waals surface area contributed by atoms with Crippen LogP contribution in [-0.2, 0) is 20.8 Å². The number of carbonyl (C=O) groups is 2. The largest absolute Gasteiger partial charge is 0.457 e. The molecule has 2 aromatic rings. The van der Waals surface area contributed by atoms with Crippen LogP contribution in [0.1, 0.15) is 51.7 Å². The summed E-state index contributed by atoms with van der Waals surface area (Å²) in [7, 11) is 0. The van der Waals surface area contributed by atoms with Crippen molar-refractivity contribution in [3.05, 3.63) is 47.5 Å². The van der Waals surface area contributed by atoms with E-state index in [-0.39, 0.29) is 17.7 Å². The lowest BCUT2D eigenvalue weighted by Crippen LogP contribution is -2.61. The Morgan fingerprint density at radius 1 is 1.06 bits per heavy atom. The fraction of sp³-hybridized carbons (Fsp3) is 0.520. The summed E-state index contributed by atoms with van der Waals surface area (Å²) in [5, 5.41) is 2.49. The van der Waals surface area contributed by atoms with E-state index in [0.29, 0.717) is 19.0 Å². The van der Waals surface area contributed by atoms with Crippen LogP contribution in [0.3, 0.4) is 0 Å². The van der Waals surface area contributed by atoms with E-state index < -0.39 is 5.60 Å². The molecular weight excluding hydrogens is 392 g/mol. The van der Waals surface area contributed by atoms with Gasteiger partial charge in [-0.3, -0.25) is 9.69 Å². The van der Waals surface area contributed by atoms with Gasteiger partial charge in [0.05, 0.1) is 0 Å². The smallest absolute Gasteiger partial charge is 0.410 e. The van der Waals surface area contributed by atoms with E-state index in [1.54, 1.807) is 4.90 Å². The molecule has 1 amide bonds. The first-order chi connectivity index (χ1) is 14.5. The molecular formula is C25H32N2O4. The number of hydrogen-bond acceptors (Lipinski definition) is 5. The molecule has 0 saturated carbocycles. The number of fused-ring (bicyclic) bond motifs is 1. The molecule has 31 heavy (non-hydrogen) atoms. The van der Waals surface area contributed by atoms with Crippen LogP contribution in [0, 0.1) is 0 Å². The molecule has 0 radical (unpaired) electrons. The molecule has 0 aromatic heterocycles. The topological polar surface area (TPSA) is 59.1 Å². The molecule has 0 N–H and O–H groups in total. The molecule has 0 aliphatic carbocycles. The van der Waals surface area contributed by atoms with E-state index in [1.165, 1.54) is 28.8 Å². The first kappa shape index (κ1) is 21.6. The number of benzene rings is 2. The van der Waals surface area contributed by atoms with E-state index in [1.807, 2.05) is 27.7 Å². The third kappa shape index (κ3) is 4.69. The third-order valence-electron chi connectivity index (χ3n) is 5.92. The van der Waals surface area contributed by atoms with E-state index >= 15 is 0 Å². The second-order valence-electron chi connectivity index (χ2n) is 10.1. The number of ether oxygens (including phenoxy) is 2. The Morgan fingerprint density at radius 3 is 2.32 bits per heavy atom. The lowest BCUT2D eigenvalue weighted by Gasteiger charge is -2.47. The maximum Gasteiger partial charge on any atom is 0.410 e. The molecule has 6 heteroatoms. The molecule has 2 aliphatic rings. The predicted octanol–water partition coefficient (Wildman–Crippen LogP) is 4.31. The Hall–Kier alpha value is -2.60. The van der Waals surface area contributed by atoms with Gasteiger partial charge >= 0.3 is 12.1 Å². The van der Waals surface area contributed by atoms with Crippen molar-refractivity contribution < 1.29 is 19.1 Å². The summed E-state index contributed by atoms with van der Waals surface area (Å²) in [4.78, 5) is 27.6. The van der Waals surface area contributed by atoms with Crippen LogP contribution in [0.15, 0.2) is 36.4 Å². The van der Waals surface area contributed by atoms with Crippen LogP contribution in [0.2, 0.25) is 0 Å². The van der Waals surface area contributed by atoms with Gasteiger partial charge in [0.15, 0.2) is 0 Å². The van der Waals surface area contributed by atoms with Crippen molar-refractivity contribution in [3.8, 4) is 0 Å². The van der Waals surface area contributed by atoms with Crippen molar-refractivity contribution in [2.75, 3.05) is 26.2 Å². The molecule has 2 heterocycles. The van der Waals surface area contributed by atoms with E-state index in [4.69, 9.17) is 9.47 Å². The molecule has 4 rings (SSSR count). The standard InChI is InChI=1S/C25H32N2O4/c1-17(28)30-25(5)15-26(16-25)12-18-10-11-21(22-9-7-6-8-20(18)22)19-13-27(14-19)23(29)31-24(2,3)4/h6-11,19H,12-16H2,1-5H3. The Morgan fingerprint density at radius 2 is 1.71 bits per heavy atom. The fourth-order valence-electron chi connectivity index (χ4n) is 4.69. The van der Waals surface area contributed by atoms with Crippen molar-refractivity contribution in [3.63, 3.8) is 0 Å². The summed E-state index contributed by atoms with van der Waals surface area (Å²) in [5.41, 5.74) is 1.71. The normalized spacial score (nSPS) is 18.9. The summed E-state index contributed by atoms with van der Waals surface area (Å²) in [5.74, 6) is 0.0978. The molecule has 0 atom stereocenters. The van der Waals surface area contributed by atoms with Crippen LogP contribution in [0.25, 0.3) is 10.8 Å². The number of esters is 1. The molecule has 2 aliphatic heterocycles. The van der Waals surface area contributed by atoms with E-state index in [0.717, 1.165) is 19.6 Å². The van der Waals surface area contributed by atoms with Crippen molar-refractivity contribution >= 4 is 22.8 Å². The maximum atomic E-state index is 12.3.